The smallest absolute Gasteiger partial charge is 0.178 e. The molecule has 0 aliphatic rings. The molecule has 0 N–H and O–H groups in total. The van der Waals surface area contributed by atoms with Gasteiger partial charge in [0, 0.05) is 17.4 Å². The van der Waals surface area contributed by atoms with Crippen molar-refractivity contribution in [2.24, 2.45) is 0 Å². The maximum atomic E-state index is 4.92. The molecule has 0 saturated heterocycles. The molecule has 0 amide bonds. The minimum atomic E-state index is 0.736. The van der Waals surface area contributed by atoms with Gasteiger partial charge in [0.2, 0.25) is 0 Å². The zero-order chi connectivity index (χ0) is 31.2. The van der Waals surface area contributed by atoms with Gasteiger partial charge in [0.1, 0.15) is 5.82 Å². The highest BCUT2D eigenvalue weighted by Crippen LogP contribution is 2.44. The first-order valence-electron chi connectivity index (χ1n) is 15.9. The maximum Gasteiger partial charge on any atom is 0.178 e. The van der Waals surface area contributed by atoms with Crippen LogP contribution in [0, 0.1) is 0 Å². The normalized spacial score (nSPS) is 11.4. The van der Waals surface area contributed by atoms with Crippen molar-refractivity contribution in [1.82, 2.24) is 14.5 Å². The van der Waals surface area contributed by atoms with Crippen LogP contribution in [-0.4, -0.2) is 14.5 Å². The Kier molecular flexibility index (Phi) is 6.46. The Labute approximate surface area is 273 Å². The van der Waals surface area contributed by atoms with Crippen LogP contribution in [0.5, 0.6) is 0 Å². The molecule has 0 aliphatic heterocycles. The molecule has 3 nitrogen and oxygen atoms in total. The maximum absolute atomic E-state index is 4.92. The summed E-state index contributed by atoms with van der Waals surface area (Å²) in [6.45, 7) is 0. The highest BCUT2D eigenvalue weighted by atomic mass is 15.1. The van der Waals surface area contributed by atoms with Crippen molar-refractivity contribution in [3.05, 3.63) is 176 Å². The van der Waals surface area contributed by atoms with Gasteiger partial charge in [-0.3, -0.25) is 4.57 Å². The Morgan fingerprint density at radius 1 is 0.383 bits per heavy atom. The standard InChI is InChI=1S/C44H29N3/c1-4-13-31(14-5-1)41-36-19-10-11-20-37(36)42(32-15-6-2-7-16-32)39-29-34(24-27-38(39)41)30-22-25-35(26-23-30)47-40-21-12-28-45-43(40)46-44(47)33-17-8-3-9-18-33/h1-29H. The summed E-state index contributed by atoms with van der Waals surface area (Å²) in [5, 5.41) is 5.01. The molecule has 0 saturated carbocycles. The predicted octanol–water partition coefficient (Wildman–Crippen LogP) is 11.4. The Bertz CT molecular complexity index is 2530. The van der Waals surface area contributed by atoms with Crippen LogP contribution in [0.2, 0.25) is 0 Å². The number of benzene rings is 7. The van der Waals surface area contributed by atoms with Gasteiger partial charge in [0.15, 0.2) is 5.65 Å². The Hall–Kier alpha value is -6.32. The van der Waals surface area contributed by atoms with Gasteiger partial charge in [-0.15, -0.1) is 0 Å². The topological polar surface area (TPSA) is 30.7 Å². The summed E-state index contributed by atoms with van der Waals surface area (Å²) in [7, 11) is 0. The fourth-order valence-corrected chi connectivity index (χ4v) is 6.95. The first kappa shape index (κ1) is 27.0. The van der Waals surface area contributed by atoms with Crippen molar-refractivity contribution >= 4 is 32.7 Å². The lowest BCUT2D eigenvalue weighted by atomic mass is 9.85. The number of hydrogen-bond donors (Lipinski definition) is 0. The molecule has 2 aromatic heterocycles. The van der Waals surface area contributed by atoms with E-state index in [2.05, 4.69) is 155 Å². The third-order valence-corrected chi connectivity index (χ3v) is 9.07. The summed E-state index contributed by atoms with van der Waals surface area (Å²) in [5.74, 6) is 0.880. The van der Waals surface area contributed by atoms with E-state index in [0.717, 1.165) is 33.8 Å². The van der Waals surface area contributed by atoms with Crippen LogP contribution in [0.4, 0.5) is 0 Å². The molecule has 2 heterocycles. The van der Waals surface area contributed by atoms with E-state index in [0.29, 0.717) is 0 Å². The predicted molar refractivity (Wildman–Crippen MR) is 196 cm³/mol. The highest BCUT2D eigenvalue weighted by Gasteiger charge is 2.18. The summed E-state index contributed by atoms with van der Waals surface area (Å²) >= 11 is 0. The van der Waals surface area contributed by atoms with Crippen molar-refractivity contribution in [3.8, 4) is 50.5 Å². The van der Waals surface area contributed by atoms with E-state index in [1.54, 1.807) is 6.20 Å². The molecule has 3 heteroatoms. The number of hydrogen-bond acceptors (Lipinski definition) is 2. The summed E-state index contributed by atoms with van der Waals surface area (Å²) < 4.78 is 2.20. The van der Waals surface area contributed by atoms with Gasteiger partial charge in [-0.25, -0.2) is 9.97 Å². The van der Waals surface area contributed by atoms with Gasteiger partial charge in [-0.05, 0) is 85.3 Å². The summed E-state index contributed by atoms with van der Waals surface area (Å²) in [6.07, 6.45) is 1.80. The molecule has 9 rings (SSSR count). The second-order valence-electron chi connectivity index (χ2n) is 11.8. The lowest BCUT2D eigenvalue weighted by Crippen LogP contribution is -1.97. The SMILES string of the molecule is c1ccc(-c2c3ccccc3c(-c3ccccc3)c3cc(-c4ccc(-n5c(-c6ccccc6)nc6ncccc65)cc4)ccc23)cc1. The average molecular weight is 600 g/mol. The monoisotopic (exact) mass is 599 g/mol. The van der Waals surface area contributed by atoms with Gasteiger partial charge in [0.05, 0.1) is 5.52 Å². The van der Waals surface area contributed by atoms with Crippen molar-refractivity contribution in [2.75, 3.05) is 0 Å². The van der Waals surface area contributed by atoms with Gasteiger partial charge >= 0.3 is 0 Å². The van der Waals surface area contributed by atoms with E-state index in [-0.39, 0.29) is 0 Å². The number of rotatable bonds is 5. The van der Waals surface area contributed by atoms with Gasteiger partial charge in [-0.1, -0.05) is 140 Å². The fourth-order valence-electron chi connectivity index (χ4n) is 6.95. The van der Waals surface area contributed by atoms with E-state index in [9.17, 15) is 0 Å². The van der Waals surface area contributed by atoms with Gasteiger partial charge < -0.3 is 0 Å². The second-order valence-corrected chi connectivity index (χ2v) is 11.8. The Morgan fingerprint density at radius 2 is 0.915 bits per heavy atom. The van der Waals surface area contributed by atoms with E-state index < -0.39 is 0 Å². The number of aromatic nitrogens is 3. The van der Waals surface area contributed by atoms with Crippen LogP contribution in [0.15, 0.2) is 176 Å². The minimum absolute atomic E-state index is 0.736. The zero-order valence-corrected chi connectivity index (χ0v) is 25.6. The highest BCUT2D eigenvalue weighted by molar-refractivity contribution is 6.21. The Balaban J connectivity index is 1.24. The average Bonchev–Trinajstić information content (AvgIpc) is 3.54. The largest absolute Gasteiger partial charge is 0.291 e. The van der Waals surface area contributed by atoms with E-state index in [4.69, 9.17) is 4.98 Å². The van der Waals surface area contributed by atoms with Crippen LogP contribution >= 0.6 is 0 Å². The lowest BCUT2D eigenvalue weighted by molar-refractivity contribution is 1.10. The molecular formula is C44H29N3. The minimum Gasteiger partial charge on any atom is -0.291 e. The summed E-state index contributed by atoms with van der Waals surface area (Å²) in [6, 6.07) is 60.5. The molecule has 9 aromatic rings. The molecule has 0 aliphatic carbocycles. The zero-order valence-electron chi connectivity index (χ0n) is 25.6. The fraction of sp³-hybridized carbons (Fsp3) is 0. The molecule has 7 aromatic carbocycles. The van der Waals surface area contributed by atoms with Crippen LogP contribution in [0.25, 0.3) is 83.2 Å². The quantitative estimate of drug-likeness (QED) is 0.184. The molecule has 47 heavy (non-hydrogen) atoms. The number of pyridine rings is 1. The molecule has 0 spiro atoms. The van der Waals surface area contributed by atoms with E-state index in [1.807, 2.05) is 24.3 Å². The first-order chi connectivity index (χ1) is 23.3. The van der Waals surface area contributed by atoms with E-state index >= 15 is 0 Å². The molecule has 0 atom stereocenters. The first-order valence-corrected chi connectivity index (χ1v) is 15.9. The summed E-state index contributed by atoms with van der Waals surface area (Å²) in [4.78, 5) is 9.48. The molecule has 0 fully saturated rings. The third-order valence-electron chi connectivity index (χ3n) is 9.07. The molecule has 0 radical (unpaired) electrons. The van der Waals surface area contributed by atoms with Crippen LogP contribution < -0.4 is 0 Å². The van der Waals surface area contributed by atoms with Crippen LogP contribution in [-0.2, 0) is 0 Å². The van der Waals surface area contributed by atoms with Gasteiger partial charge in [0.25, 0.3) is 0 Å². The molecule has 220 valence electrons. The van der Waals surface area contributed by atoms with Crippen molar-refractivity contribution in [2.45, 2.75) is 0 Å². The third kappa shape index (κ3) is 4.60. The van der Waals surface area contributed by atoms with Gasteiger partial charge in [-0.2, -0.15) is 0 Å². The number of fused-ring (bicyclic) bond motifs is 3. The van der Waals surface area contributed by atoms with E-state index in [1.165, 1.54) is 49.4 Å². The Morgan fingerprint density at radius 3 is 1.55 bits per heavy atom. The summed E-state index contributed by atoms with van der Waals surface area (Å²) in [5.41, 5.74) is 11.1. The number of nitrogens with zero attached hydrogens (tertiary/aromatic N) is 3. The number of imidazole rings is 1. The van der Waals surface area contributed by atoms with Crippen molar-refractivity contribution in [3.63, 3.8) is 0 Å². The molecular weight excluding hydrogens is 571 g/mol. The second kappa shape index (κ2) is 11.2. The van der Waals surface area contributed by atoms with Crippen molar-refractivity contribution < 1.29 is 0 Å². The molecule has 0 bridgehead atoms. The lowest BCUT2D eigenvalue weighted by Gasteiger charge is -2.19. The van der Waals surface area contributed by atoms with Crippen molar-refractivity contribution in [1.29, 1.82) is 0 Å². The molecule has 0 unspecified atom stereocenters. The van der Waals surface area contributed by atoms with Crippen LogP contribution in [0.1, 0.15) is 0 Å². The van der Waals surface area contributed by atoms with Crippen LogP contribution in [0.3, 0.4) is 0 Å².